The molecule has 2 amide bonds. The summed E-state index contributed by atoms with van der Waals surface area (Å²) in [7, 11) is 0. The zero-order valence-electron chi connectivity index (χ0n) is 18.1. The van der Waals surface area contributed by atoms with Crippen molar-refractivity contribution in [2.24, 2.45) is 0 Å². The summed E-state index contributed by atoms with van der Waals surface area (Å²) in [6.45, 7) is 0.736. The number of ether oxygens (including phenoxy) is 1. The lowest BCUT2D eigenvalue weighted by molar-refractivity contribution is -0.144. The van der Waals surface area contributed by atoms with Crippen molar-refractivity contribution in [3.05, 3.63) is 62.3 Å². The number of ketones is 1. The number of benzene rings is 1. The normalized spacial score (nSPS) is 13.4. The maximum Gasteiger partial charge on any atom is 0.332 e. The maximum atomic E-state index is 12.7. The molecule has 0 radical (unpaired) electrons. The molecule has 1 saturated heterocycles. The second kappa shape index (κ2) is 10.1. The number of esters is 1. The third kappa shape index (κ3) is 5.08. The standard InChI is InChI=1S/C22H24N4O7/c1-2-24-21(31)19(20(23)26(22(24)32)12-14-6-4-3-5-7-14)15(27)13-33-18(30)10-11-25-16(28)8-9-17(25)29/h3-7H,2,8-13,23H2,1H3. The van der Waals surface area contributed by atoms with Gasteiger partial charge in [0.05, 0.1) is 13.0 Å². The second-order valence-corrected chi connectivity index (χ2v) is 7.44. The lowest BCUT2D eigenvalue weighted by Gasteiger charge is -2.16. The van der Waals surface area contributed by atoms with E-state index in [1.54, 1.807) is 37.3 Å². The van der Waals surface area contributed by atoms with Gasteiger partial charge in [-0.1, -0.05) is 30.3 Å². The smallest absolute Gasteiger partial charge is 0.332 e. The van der Waals surface area contributed by atoms with Crippen LogP contribution in [-0.2, 0) is 32.2 Å². The summed E-state index contributed by atoms with van der Waals surface area (Å²) in [5, 5.41) is 0. The number of likely N-dealkylation sites (tertiary alicyclic amines) is 1. The fraction of sp³-hybridized carbons (Fsp3) is 0.364. The predicted octanol–water partition coefficient (Wildman–Crippen LogP) is -0.0746. The number of Topliss-reactive ketones (excluding diaryl/α,β-unsaturated/α-hetero) is 1. The predicted molar refractivity (Wildman–Crippen MR) is 116 cm³/mol. The number of carbonyl (C=O) groups is 4. The summed E-state index contributed by atoms with van der Waals surface area (Å²) in [5.74, 6) is -2.71. The number of nitrogens with two attached hydrogens (primary N) is 1. The van der Waals surface area contributed by atoms with Crippen LogP contribution in [0, 0.1) is 0 Å². The van der Waals surface area contributed by atoms with Crippen LogP contribution < -0.4 is 17.0 Å². The molecule has 0 unspecified atom stereocenters. The summed E-state index contributed by atoms with van der Waals surface area (Å²) < 4.78 is 6.94. The van der Waals surface area contributed by atoms with Gasteiger partial charge in [0.2, 0.25) is 17.6 Å². The van der Waals surface area contributed by atoms with E-state index >= 15 is 0 Å². The van der Waals surface area contributed by atoms with Crippen LogP contribution in [0.3, 0.4) is 0 Å². The third-order valence-corrected chi connectivity index (χ3v) is 5.30. The first-order valence-corrected chi connectivity index (χ1v) is 10.4. The Morgan fingerprint density at radius 3 is 2.24 bits per heavy atom. The van der Waals surface area contributed by atoms with Crippen molar-refractivity contribution < 1.29 is 23.9 Å². The van der Waals surface area contributed by atoms with E-state index in [9.17, 15) is 28.8 Å². The first-order valence-electron chi connectivity index (χ1n) is 10.4. The van der Waals surface area contributed by atoms with Crippen LogP contribution in [0.25, 0.3) is 0 Å². The number of hydrogen-bond donors (Lipinski definition) is 1. The molecule has 2 heterocycles. The highest BCUT2D eigenvalue weighted by Gasteiger charge is 2.29. The number of nitrogen functional groups attached to an aromatic ring is 1. The van der Waals surface area contributed by atoms with Crippen molar-refractivity contribution in [3.63, 3.8) is 0 Å². The number of hydrogen-bond acceptors (Lipinski definition) is 8. The Bertz CT molecular complexity index is 1200. The first kappa shape index (κ1) is 23.6. The zero-order valence-corrected chi connectivity index (χ0v) is 18.1. The molecular weight excluding hydrogens is 432 g/mol. The highest BCUT2D eigenvalue weighted by Crippen LogP contribution is 2.13. The van der Waals surface area contributed by atoms with Gasteiger partial charge in [-0.05, 0) is 12.5 Å². The number of aromatic nitrogens is 2. The molecule has 0 spiro atoms. The Kier molecular flexibility index (Phi) is 7.21. The van der Waals surface area contributed by atoms with Gasteiger partial charge in [-0.2, -0.15) is 0 Å². The highest BCUT2D eigenvalue weighted by atomic mass is 16.5. The van der Waals surface area contributed by atoms with Gasteiger partial charge in [-0.15, -0.1) is 0 Å². The Morgan fingerprint density at radius 2 is 1.64 bits per heavy atom. The SMILES string of the molecule is CCn1c(=O)c(C(=O)COC(=O)CCN2C(=O)CCC2=O)c(N)n(Cc2ccccc2)c1=O. The van der Waals surface area contributed by atoms with E-state index in [4.69, 9.17) is 10.5 Å². The maximum absolute atomic E-state index is 12.7. The summed E-state index contributed by atoms with van der Waals surface area (Å²) >= 11 is 0. The largest absolute Gasteiger partial charge is 0.457 e. The van der Waals surface area contributed by atoms with Gasteiger partial charge < -0.3 is 10.5 Å². The molecule has 0 bridgehead atoms. The number of nitrogens with zero attached hydrogens (tertiary/aromatic N) is 3. The van der Waals surface area contributed by atoms with E-state index in [2.05, 4.69) is 0 Å². The lowest BCUT2D eigenvalue weighted by atomic mass is 10.2. The fourth-order valence-electron chi connectivity index (χ4n) is 3.54. The second-order valence-electron chi connectivity index (χ2n) is 7.44. The molecule has 0 aliphatic carbocycles. The molecule has 174 valence electrons. The van der Waals surface area contributed by atoms with Gasteiger partial charge in [0.25, 0.3) is 5.56 Å². The Balaban J connectivity index is 1.76. The van der Waals surface area contributed by atoms with Crippen molar-refractivity contribution in [2.45, 2.75) is 39.3 Å². The summed E-state index contributed by atoms with van der Waals surface area (Å²) in [6, 6.07) is 8.91. The number of amides is 2. The average molecular weight is 456 g/mol. The van der Waals surface area contributed by atoms with Crippen LogP contribution in [0.4, 0.5) is 5.82 Å². The molecule has 1 aliphatic heterocycles. The van der Waals surface area contributed by atoms with Gasteiger partial charge in [0.1, 0.15) is 11.4 Å². The monoisotopic (exact) mass is 456 g/mol. The zero-order chi connectivity index (χ0) is 24.1. The Labute approximate surface area is 188 Å². The fourth-order valence-corrected chi connectivity index (χ4v) is 3.54. The molecule has 11 heteroatoms. The van der Waals surface area contributed by atoms with Crippen LogP contribution in [0.5, 0.6) is 0 Å². The van der Waals surface area contributed by atoms with E-state index < -0.39 is 35.2 Å². The summed E-state index contributed by atoms with van der Waals surface area (Å²) in [4.78, 5) is 74.4. The van der Waals surface area contributed by atoms with Gasteiger partial charge in [-0.3, -0.25) is 38.0 Å². The Morgan fingerprint density at radius 1 is 1.00 bits per heavy atom. The van der Waals surface area contributed by atoms with Gasteiger partial charge in [0, 0.05) is 25.9 Å². The van der Waals surface area contributed by atoms with Crippen molar-refractivity contribution in [2.75, 3.05) is 18.9 Å². The van der Waals surface area contributed by atoms with Gasteiger partial charge in [-0.25, -0.2) is 4.79 Å². The van der Waals surface area contributed by atoms with Crippen LogP contribution in [-0.4, -0.2) is 50.8 Å². The number of anilines is 1. The topological polar surface area (TPSA) is 151 Å². The molecule has 11 nitrogen and oxygen atoms in total. The van der Waals surface area contributed by atoms with Crippen molar-refractivity contribution >= 4 is 29.4 Å². The van der Waals surface area contributed by atoms with E-state index in [-0.39, 0.29) is 56.5 Å². The van der Waals surface area contributed by atoms with Crippen LogP contribution in [0.1, 0.15) is 42.1 Å². The van der Waals surface area contributed by atoms with E-state index in [0.29, 0.717) is 0 Å². The number of imide groups is 1. The minimum Gasteiger partial charge on any atom is -0.457 e. The van der Waals surface area contributed by atoms with Crippen LogP contribution >= 0.6 is 0 Å². The van der Waals surface area contributed by atoms with Crippen LogP contribution in [0.2, 0.25) is 0 Å². The highest BCUT2D eigenvalue weighted by molar-refractivity contribution is 6.02. The minimum atomic E-state index is -0.862. The van der Waals surface area contributed by atoms with E-state index in [0.717, 1.165) is 19.6 Å². The quantitative estimate of drug-likeness (QED) is 0.313. The first-order chi connectivity index (χ1) is 15.7. The lowest BCUT2D eigenvalue weighted by Crippen LogP contribution is -2.44. The molecule has 1 aromatic carbocycles. The van der Waals surface area contributed by atoms with Crippen LogP contribution in [0.15, 0.2) is 39.9 Å². The molecule has 3 rings (SSSR count). The van der Waals surface area contributed by atoms with Gasteiger partial charge in [0.15, 0.2) is 6.61 Å². The molecule has 2 aromatic rings. The molecule has 0 saturated carbocycles. The summed E-state index contributed by atoms with van der Waals surface area (Å²) in [6.07, 6.45) is -0.0744. The molecular formula is C22H24N4O7. The summed E-state index contributed by atoms with van der Waals surface area (Å²) in [5.41, 5.74) is 4.82. The minimum absolute atomic E-state index is 0.0185. The Hall–Kier alpha value is -4.02. The van der Waals surface area contributed by atoms with E-state index in [1.807, 2.05) is 0 Å². The van der Waals surface area contributed by atoms with Gasteiger partial charge >= 0.3 is 11.7 Å². The molecule has 1 aromatic heterocycles. The molecule has 33 heavy (non-hydrogen) atoms. The van der Waals surface area contributed by atoms with E-state index in [1.165, 1.54) is 0 Å². The van der Waals surface area contributed by atoms with Crippen molar-refractivity contribution in [1.82, 2.24) is 14.0 Å². The molecule has 1 aliphatic rings. The average Bonchev–Trinajstić information content (AvgIpc) is 3.12. The number of rotatable bonds is 9. The van der Waals surface area contributed by atoms with Crippen molar-refractivity contribution in [1.29, 1.82) is 0 Å². The molecule has 1 fully saturated rings. The van der Waals surface area contributed by atoms with Crippen molar-refractivity contribution in [3.8, 4) is 0 Å². The number of carbonyl (C=O) groups excluding carboxylic acids is 4. The third-order valence-electron chi connectivity index (χ3n) is 5.30. The molecule has 2 N–H and O–H groups in total. The molecule has 0 atom stereocenters.